The van der Waals surface area contributed by atoms with E-state index in [9.17, 15) is 4.39 Å². The highest BCUT2D eigenvalue weighted by Gasteiger charge is 2.27. The average molecular weight is 273 g/mol. The lowest BCUT2D eigenvalue weighted by molar-refractivity contribution is 0.128. The topological polar surface area (TPSA) is 32.3 Å². The molecule has 0 bridgehead atoms. The Labute approximate surface area is 112 Å². The van der Waals surface area contributed by atoms with Crippen molar-refractivity contribution in [2.24, 2.45) is 0 Å². The number of halogens is 2. The van der Waals surface area contributed by atoms with Crippen molar-refractivity contribution in [1.29, 1.82) is 0 Å². The van der Waals surface area contributed by atoms with E-state index in [1.807, 2.05) is 4.90 Å². The summed E-state index contributed by atoms with van der Waals surface area (Å²) in [6.07, 6.45) is 1.13. The molecule has 1 saturated heterocycles. The normalized spacial score (nSPS) is 18.2. The number of anilines is 1. The lowest BCUT2D eigenvalue weighted by atomic mass is 10.1. The molecule has 0 N–H and O–H groups in total. The van der Waals surface area contributed by atoms with Gasteiger partial charge in [0, 0.05) is 31.7 Å². The molecule has 6 heteroatoms. The Bertz CT molecular complexity index is 425. The first kappa shape index (κ1) is 13.5. The van der Waals surface area contributed by atoms with Crippen LogP contribution in [0.2, 0.25) is 5.28 Å². The molecule has 1 aliphatic rings. The van der Waals surface area contributed by atoms with E-state index in [4.69, 9.17) is 11.6 Å². The van der Waals surface area contributed by atoms with Gasteiger partial charge in [0.25, 0.3) is 0 Å². The first-order valence-corrected chi connectivity index (χ1v) is 6.44. The molecule has 0 aromatic carbocycles. The summed E-state index contributed by atoms with van der Waals surface area (Å²) >= 11 is 5.71. The SMILES string of the molecule is CC(C)(C)N1CCN(c2nc(Cl)ncc2F)CC1. The van der Waals surface area contributed by atoms with E-state index in [2.05, 4.69) is 35.6 Å². The Balaban J connectivity index is 2.08. The van der Waals surface area contributed by atoms with Gasteiger partial charge in [-0.3, -0.25) is 4.90 Å². The van der Waals surface area contributed by atoms with Crippen LogP contribution < -0.4 is 4.90 Å². The Morgan fingerprint density at radius 3 is 2.39 bits per heavy atom. The molecule has 18 heavy (non-hydrogen) atoms. The first-order valence-electron chi connectivity index (χ1n) is 6.06. The van der Waals surface area contributed by atoms with Crippen molar-refractivity contribution in [3.8, 4) is 0 Å². The Morgan fingerprint density at radius 2 is 1.83 bits per heavy atom. The molecule has 0 saturated carbocycles. The Hall–Kier alpha value is -0.940. The van der Waals surface area contributed by atoms with Crippen molar-refractivity contribution in [2.45, 2.75) is 26.3 Å². The predicted octanol–water partition coefficient (Wildman–Crippen LogP) is 2.19. The molecule has 0 unspecified atom stereocenters. The van der Waals surface area contributed by atoms with Gasteiger partial charge in [0.1, 0.15) is 0 Å². The number of nitrogens with zero attached hydrogens (tertiary/aromatic N) is 4. The summed E-state index contributed by atoms with van der Waals surface area (Å²) in [5, 5.41) is 0.0876. The van der Waals surface area contributed by atoms with Crippen molar-refractivity contribution in [3.05, 3.63) is 17.3 Å². The van der Waals surface area contributed by atoms with Gasteiger partial charge in [-0.15, -0.1) is 0 Å². The molecule has 0 amide bonds. The van der Waals surface area contributed by atoms with Gasteiger partial charge in [0.2, 0.25) is 5.28 Å². The summed E-state index contributed by atoms with van der Waals surface area (Å²) in [5.41, 5.74) is 0.147. The first-order chi connectivity index (χ1) is 8.38. The highest BCUT2D eigenvalue weighted by Crippen LogP contribution is 2.22. The fraction of sp³-hybridized carbons (Fsp3) is 0.667. The van der Waals surface area contributed by atoms with Crippen LogP contribution in [-0.2, 0) is 0 Å². The van der Waals surface area contributed by atoms with E-state index in [1.54, 1.807) is 0 Å². The van der Waals surface area contributed by atoms with Gasteiger partial charge in [0.15, 0.2) is 11.6 Å². The third kappa shape index (κ3) is 2.90. The summed E-state index contributed by atoms with van der Waals surface area (Å²) in [6, 6.07) is 0. The number of rotatable bonds is 1. The van der Waals surface area contributed by atoms with Crippen molar-refractivity contribution in [1.82, 2.24) is 14.9 Å². The maximum absolute atomic E-state index is 13.6. The molecule has 1 fully saturated rings. The van der Waals surface area contributed by atoms with Crippen LogP contribution in [-0.4, -0.2) is 46.6 Å². The average Bonchev–Trinajstić information content (AvgIpc) is 2.31. The van der Waals surface area contributed by atoms with Crippen LogP contribution in [0.1, 0.15) is 20.8 Å². The fourth-order valence-corrected chi connectivity index (χ4v) is 2.28. The van der Waals surface area contributed by atoms with E-state index in [0.717, 1.165) is 32.4 Å². The quantitative estimate of drug-likeness (QED) is 0.734. The molecule has 0 aliphatic carbocycles. The monoisotopic (exact) mass is 272 g/mol. The molecular weight excluding hydrogens is 255 g/mol. The predicted molar refractivity (Wildman–Crippen MR) is 70.5 cm³/mol. The number of aromatic nitrogens is 2. The molecule has 2 heterocycles. The smallest absolute Gasteiger partial charge is 0.224 e. The van der Waals surface area contributed by atoms with Crippen LogP contribution in [0.15, 0.2) is 6.20 Å². The van der Waals surface area contributed by atoms with Gasteiger partial charge in [-0.25, -0.2) is 9.37 Å². The summed E-state index contributed by atoms with van der Waals surface area (Å²) in [5.74, 6) is -0.104. The third-order valence-electron chi connectivity index (χ3n) is 3.22. The number of piperazine rings is 1. The van der Waals surface area contributed by atoms with Gasteiger partial charge in [0.05, 0.1) is 6.20 Å². The molecule has 0 atom stereocenters. The molecule has 2 rings (SSSR count). The van der Waals surface area contributed by atoms with Crippen LogP contribution in [0.25, 0.3) is 0 Å². The van der Waals surface area contributed by atoms with Crippen LogP contribution in [0, 0.1) is 5.82 Å². The summed E-state index contributed by atoms with van der Waals surface area (Å²) in [7, 11) is 0. The maximum Gasteiger partial charge on any atom is 0.224 e. The maximum atomic E-state index is 13.6. The zero-order valence-corrected chi connectivity index (χ0v) is 11.7. The van der Waals surface area contributed by atoms with Gasteiger partial charge in [-0.2, -0.15) is 4.98 Å². The van der Waals surface area contributed by atoms with Gasteiger partial charge < -0.3 is 4.90 Å². The van der Waals surface area contributed by atoms with Crippen molar-refractivity contribution >= 4 is 17.4 Å². The van der Waals surface area contributed by atoms with Crippen LogP contribution in [0.3, 0.4) is 0 Å². The van der Waals surface area contributed by atoms with E-state index < -0.39 is 5.82 Å². The zero-order chi connectivity index (χ0) is 13.3. The summed E-state index contributed by atoms with van der Waals surface area (Å²) in [4.78, 5) is 11.9. The molecular formula is C12H18ClFN4. The van der Waals surface area contributed by atoms with Crippen molar-refractivity contribution < 1.29 is 4.39 Å². The molecule has 1 aliphatic heterocycles. The summed E-state index contributed by atoms with van der Waals surface area (Å²) < 4.78 is 13.6. The van der Waals surface area contributed by atoms with E-state index >= 15 is 0 Å². The number of hydrogen-bond acceptors (Lipinski definition) is 4. The van der Waals surface area contributed by atoms with Crippen molar-refractivity contribution in [2.75, 3.05) is 31.1 Å². The van der Waals surface area contributed by atoms with E-state index in [-0.39, 0.29) is 10.8 Å². The molecule has 0 radical (unpaired) electrons. The second kappa shape index (κ2) is 4.97. The molecule has 0 spiro atoms. The molecule has 4 nitrogen and oxygen atoms in total. The molecule has 100 valence electrons. The van der Waals surface area contributed by atoms with E-state index in [0.29, 0.717) is 5.82 Å². The minimum atomic E-state index is -0.413. The molecule has 1 aromatic rings. The van der Waals surface area contributed by atoms with Gasteiger partial charge in [-0.05, 0) is 32.4 Å². The zero-order valence-electron chi connectivity index (χ0n) is 11.0. The molecule has 1 aromatic heterocycles. The lowest BCUT2D eigenvalue weighted by Crippen LogP contribution is -2.53. The Morgan fingerprint density at radius 1 is 1.22 bits per heavy atom. The standard InChI is InChI=1S/C12H18ClFN4/c1-12(2,3)18-6-4-17(5-7-18)10-9(14)8-15-11(13)16-10/h8H,4-7H2,1-3H3. The van der Waals surface area contributed by atoms with Gasteiger partial charge >= 0.3 is 0 Å². The largest absolute Gasteiger partial charge is 0.351 e. The second-order valence-corrected chi connectivity index (χ2v) is 5.79. The third-order valence-corrected chi connectivity index (χ3v) is 3.41. The van der Waals surface area contributed by atoms with Crippen LogP contribution in [0.5, 0.6) is 0 Å². The van der Waals surface area contributed by atoms with Crippen molar-refractivity contribution in [3.63, 3.8) is 0 Å². The van der Waals surface area contributed by atoms with E-state index in [1.165, 1.54) is 0 Å². The lowest BCUT2D eigenvalue weighted by Gasteiger charge is -2.42. The minimum Gasteiger partial charge on any atom is -0.351 e. The highest BCUT2D eigenvalue weighted by molar-refractivity contribution is 6.28. The highest BCUT2D eigenvalue weighted by atomic mass is 35.5. The van der Waals surface area contributed by atoms with Crippen LogP contribution >= 0.6 is 11.6 Å². The second-order valence-electron chi connectivity index (χ2n) is 5.46. The Kier molecular flexibility index (Phi) is 3.73. The fourth-order valence-electron chi connectivity index (χ4n) is 2.15. The van der Waals surface area contributed by atoms with Gasteiger partial charge in [-0.1, -0.05) is 0 Å². The van der Waals surface area contributed by atoms with Crippen LogP contribution in [0.4, 0.5) is 10.2 Å². The number of hydrogen-bond donors (Lipinski definition) is 0. The summed E-state index contributed by atoms with van der Waals surface area (Å²) in [6.45, 7) is 9.85. The minimum absolute atomic E-state index is 0.0876.